The van der Waals surface area contributed by atoms with Crippen molar-refractivity contribution in [2.75, 3.05) is 0 Å². The Balaban J connectivity index is 0.000000499. The fraction of sp³-hybridized carbons (Fsp3) is 0.500. The zero-order chi connectivity index (χ0) is 18.3. The van der Waals surface area contributed by atoms with Crippen molar-refractivity contribution in [3.8, 4) is 0 Å². The van der Waals surface area contributed by atoms with Crippen LogP contribution in [-0.2, 0) is 26.2 Å². The Hall–Kier alpha value is 0.203. The van der Waals surface area contributed by atoms with Gasteiger partial charge in [-0.15, -0.1) is 46.8 Å². The first-order valence-electron chi connectivity index (χ1n) is 11.1. The molecule has 0 aliphatic heterocycles. The van der Waals surface area contributed by atoms with Crippen LogP contribution in [0.4, 0.5) is 0 Å². The molecule has 0 spiro atoms. The zero-order valence-electron chi connectivity index (χ0n) is 17.8. The predicted octanol–water partition coefficient (Wildman–Crippen LogP) is 1.64. The van der Waals surface area contributed by atoms with Crippen molar-refractivity contribution >= 4 is 24.0 Å². The van der Waals surface area contributed by atoms with E-state index in [4.69, 9.17) is 0 Å². The minimum Gasteiger partial charge on any atom is -1.00 e. The Labute approximate surface area is 216 Å². The van der Waals surface area contributed by atoms with Gasteiger partial charge in [0.05, 0.1) is 0 Å². The van der Waals surface area contributed by atoms with Crippen LogP contribution in [0.3, 0.4) is 0 Å². The molecule has 0 N–H and O–H groups in total. The average molecular weight is 539 g/mol. The minimum atomic E-state index is 0. The van der Waals surface area contributed by atoms with Gasteiger partial charge in [-0.2, -0.15) is 12.1 Å². The largest absolute Gasteiger partial charge is 4.00 e. The van der Waals surface area contributed by atoms with Gasteiger partial charge in [0.15, 0.2) is 0 Å². The van der Waals surface area contributed by atoms with E-state index in [1.807, 2.05) is 12.2 Å². The van der Waals surface area contributed by atoms with Gasteiger partial charge < -0.3 is 24.8 Å². The number of rotatable bonds is 3. The molecule has 3 aliphatic carbocycles. The Bertz CT molecular complexity index is 709. The molecule has 160 valence electrons. The minimum absolute atomic E-state index is 0. The van der Waals surface area contributed by atoms with E-state index < -0.39 is 0 Å². The molecule has 2 aromatic carbocycles. The van der Waals surface area contributed by atoms with Crippen LogP contribution in [0, 0.1) is 6.08 Å². The second kappa shape index (κ2) is 15.1. The van der Waals surface area contributed by atoms with Crippen molar-refractivity contribution in [2.45, 2.75) is 81.9 Å². The second-order valence-corrected chi connectivity index (χ2v) is 11.1. The topological polar surface area (TPSA) is 0 Å². The number of hydrogen-bond donors (Lipinski definition) is 0. The molecule has 0 nitrogen and oxygen atoms in total. The summed E-state index contributed by atoms with van der Waals surface area (Å²) in [5.41, 5.74) is 2.03. The summed E-state index contributed by atoms with van der Waals surface area (Å²) in [7, 11) is 0.0611. The van der Waals surface area contributed by atoms with Gasteiger partial charge in [0.1, 0.15) is 0 Å². The molecule has 30 heavy (non-hydrogen) atoms. The van der Waals surface area contributed by atoms with Crippen molar-refractivity contribution in [2.24, 2.45) is 0 Å². The van der Waals surface area contributed by atoms with Crippen LogP contribution in [0.5, 0.6) is 0 Å². The molecule has 0 saturated heterocycles. The maximum atomic E-state index is 2.99. The van der Waals surface area contributed by atoms with E-state index in [0.717, 1.165) is 17.7 Å². The van der Waals surface area contributed by atoms with Gasteiger partial charge in [-0.1, -0.05) is 52.5 Å². The van der Waals surface area contributed by atoms with Crippen molar-refractivity contribution < 1.29 is 51.0 Å². The third-order valence-corrected chi connectivity index (χ3v) is 9.88. The Morgan fingerprint density at radius 1 is 0.833 bits per heavy atom. The van der Waals surface area contributed by atoms with Crippen LogP contribution >= 0.6 is 7.92 Å². The van der Waals surface area contributed by atoms with Crippen molar-refractivity contribution in [1.82, 2.24) is 0 Å². The molecule has 0 aromatic heterocycles. The van der Waals surface area contributed by atoms with Gasteiger partial charge in [-0.25, -0.2) is 12.2 Å². The fourth-order valence-electron chi connectivity index (χ4n) is 5.06. The second-order valence-electron chi connectivity index (χ2n) is 8.34. The first-order valence-corrected chi connectivity index (χ1v) is 12.6. The standard InChI is InChI=1S/C21H28P.C5H5.2ClH.Zr/c1-3-11-19(12-4-1)22(20-13-5-2-6-14-20)21-15-17-9-7-8-10-18(17)16-21;1-2-4-5-3-1;;;/h7-10,15-16,19-20H,1-6,11-14H2;1-3H,4H2;2*1H;/q2*-1;;;+4/p-2. The molecular weight excluding hydrogens is 505 g/mol. The van der Waals surface area contributed by atoms with Gasteiger partial charge >= 0.3 is 26.2 Å². The molecule has 0 heterocycles. The van der Waals surface area contributed by atoms with E-state index >= 15 is 0 Å². The first-order chi connectivity index (χ1) is 13.4. The molecule has 0 bridgehead atoms. The van der Waals surface area contributed by atoms with Crippen LogP contribution in [0.25, 0.3) is 10.8 Å². The summed E-state index contributed by atoms with van der Waals surface area (Å²) in [6, 6.07) is 14.1. The Morgan fingerprint density at radius 3 is 1.90 bits per heavy atom. The van der Waals surface area contributed by atoms with Crippen molar-refractivity contribution in [3.05, 3.63) is 60.7 Å². The van der Waals surface area contributed by atoms with Gasteiger partial charge in [-0.3, -0.25) is 6.08 Å². The van der Waals surface area contributed by atoms with Gasteiger partial charge in [0, 0.05) is 0 Å². The Morgan fingerprint density at radius 2 is 1.43 bits per heavy atom. The zero-order valence-corrected chi connectivity index (χ0v) is 22.7. The SMILES string of the molecule is [C-]1=CC=CC1.[Cl-].[Cl-].[Zr+4].c1ccc2[cH-]c(P(C3CCCCC3)C3CCCCC3)cc2c1. The van der Waals surface area contributed by atoms with Gasteiger partial charge in [0.25, 0.3) is 0 Å². The van der Waals surface area contributed by atoms with E-state index in [0.29, 0.717) is 0 Å². The monoisotopic (exact) mass is 536 g/mol. The third kappa shape index (κ3) is 7.66. The molecule has 0 atom stereocenters. The number of allylic oxidation sites excluding steroid dienone is 4. The van der Waals surface area contributed by atoms with Crippen LogP contribution in [0.2, 0.25) is 0 Å². The molecule has 2 saturated carbocycles. The van der Waals surface area contributed by atoms with E-state index in [1.165, 1.54) is 75.0 Å². The molecular formula is C26H33Cl2PZr. The molecule has 2 fully saturated rings. The van der Waals surface area contributed by atoms with Gasteiger partial charge in [0.2, 0.25) is 0 Å². The molecule has 0 radical (unpaired) electrons. The molecule has 3 aliphatic rings. The van der Waals surface area contributed by atoms with Crippen LogP contribution in [-0.4, -0.2) is 11.3 Å². The van der Waals surface area contributed by atoms with E-state index in [2.05, 4.69) is 48.6 Å². The number of fused-ring (bicyclic) bond motifs is 1. The quantitative estimate of drug-likeness (QED) is 0.412. The first kappa shape index (κ1) is 28.2. The van der Waals surface area contributed by atoms with E-state index in [1.54, 1.807) is 5.30 Å². The maximum Gasteiger partial charge on any atom is 4.00 e. The predicted molar refractivity (Wildman–Crippen MR) is 121 cm³/mol. The van der Waals surface area contributed by atoms with Crippen molar-refractivity contribution in [3.63, 3.8) is 0 Å². The summed E-state index contributed by atoms with van der Waals surface area (Å²) in [5, 5.41) is 4.67. The molecule has 2 aromatic rings. The normalized spacial score (nSPS) is 18.8. The summed E-state index contributed by atoms with van der Waals surface area (Å²) < 4.78 is 0. The summed E-state index contributed by atoms with van der Waals surface area (Å²) >= 11 is 0. The summed E-state index contributed by atoms with van der Waals surface area (Å²) in [4.78, 5) is 0. The van der Waals surface area contributed by atoms with Gasteiger partial charge in [-0.05, 0) is 37.0 Å². The number of hydrogen-bond acceptors (Lipinski definition) is 0. The number of halogens is 2. The molecule has 5 rings (SSSR count). The van der Waals surface area contributed by atoms with Crippen LogP contribution in [0.15, 0.2) is 54.6 Å². The third-order valence-electron chi connectivity index (χ3n) is 6.42. The van der Waals surface area contributed by atoms with Crippen molar-refractivity contribution in [1.29, 1.82) is 0 Å². The van der Waals surface area contributed by atoms with Crippen LogP contribution in [0.1, 0.15) is 70.6 Å². The molecule has 0 unspecified atom stereocenters. The summed E-state index contributed by atoms with van der Waals surface area (Å²) in [6.45, 7) is 0. The molecule has 4 heteroatoms. The van der Waals surface area contributed by atoms with E-state index in [-0.39, 0.29) is 58.9 Å². The van der Waals surface area contributed by atoms with E-state index in [9.17, 15) is 0 Å². The van der Waals surface area contributed by atoms with Crippen LogP contribution < -0.4 is 30.1 Å². The number of benzene rings is 1. The maximum absolute atomic E-state index is 2.99. The summed E-state index contributed by atoms with van der Waals surface area (Å²) in [6.07, 6.45) is 24.9. The average Bonchev–Trinajstić information content (AvgIpc) is 3.43. The fourth-order valence-corrected chi connectivity index (χ4v) is 8.92. The molecule has 0 amide bonds. The Kier molecular flexibility index (Phi) is 14.2. The smallest absolute Gasteiger partial charge is 1.00 e. The summed E-state index contributed by atoms with van der Waals surface area (Å²) in [5.74, 6) is 0.